The lowest BCUT2D eigenvalue weighted by molar-refractivity contribution is 0.552. The second-order valence-electron chi connectivity index (χ2n) is 8.62. The monoisotopic (exact) mass is 524 g/mol. The third-order valence-electron chi connectivity index (χ3n) is 5.90. The predicted molar refractivity (Wildman–Crippen MR) is 134 cm³/mol. The minimum atomic E-state index is -4.15. The van der Waals surface area contributed by atoms with Crippen LogP contribution in [0.3, 0.4) is 0 Å². The number of halogens is 2. The molecule has 190 valence electrons. The number of aryl methyl sites for hydroxylation is 2. The number of aromatic nitrogens is 6. The molecule has 4 aromatic heterocycles. The van der Waals surface area contributed by atoms with E-state index in [9.17, 15) is 17.2 Å². The Hall–Kier alpha value is -4.39. The molecule has 0 saturated heterocycles. The largest absolute Gasteiger partial charge is 0.368 e. The molecule has 3 N–H and O–H groups in total. The Morgan fingerprint density at radius 1 is 1.08 bits per heavy atom. The van der Waals surface area contributed by atoms with Crippen molar-refractivity contribution in [3.05, 3.63) is 83.7 Å². The fraction of sp³-hybridized carbons (Fsp3) is 0.167. The number of hydrogen-bond donors (Lipinski definition) is 2. The number of hydrogen-bond acceptors (Lipinski definition) is 8. The average Bonchev–Trinajstić information content (AvgIpc) is 3.42. The number of rotatable bonds is 6. The molecule has 0 spiro atoms. The quantitative estimate of drug-likeness (QED) is 0.342. The Morgan fingerprint density at radius 3 is 2.46 bits per heavy atom. The van der Waals surface area contributed by atoms with Gasteiger partial charge in [0.15, 0.2) is 5.65 Å². The zero-order valence-corrected chi connectivity index (χ0v) is 20.8. The third kappa shape index (κ3) is 4.37. The van der Waals surface area contributed by atoms with Crippen LogP contribution in [0.15, 0.2) is 60.1 Å². The SMILES string of the molecule is Cc1ccc(S(=O)(=O)n2cc([C@H](C)c3ncc(F)cc3F)c3c(Nc4cn(C)cn4)nc(N)nc32)cc1. The van der Waals surface area contributed by atoms with Crippen LogP contribution in [0.5, 0.6) is 0 Å². The van der Waals surface area contributed by atoms with Crippen molar-refractivity contribution in [1.82, 2.24) is 28.5 Å². The summed E-state index contributed by atoms with van der Waals surface area (Å²) in [5.41, 5.74) is 7.11. The van der Waals surface area contributed by atoms with Gasteiger partial charge in [-0.3, -0.25) is 4.98 Å². The van der Waals surface area contributed by atoms with E-state index in [1.165, 1.54) is 18.3 Å². The van der Waals surface area contributed by atoms with Gasteiger partial charge in [0.05, 0.1) is 28.5 Å². The molecule has 0 saturated carbocycles. The van der Waals surface area contributed by atoms with Crippen molar-refractivity contribution in [1.29, 1.82) is 0 Å². The molecule has 0 bridgehead atoms. The molecule has 4 heterocycles. The molecular formula is C24H22F2N8O2S. The number of nitrogens with zero attached hydrogens (tertiary/aromatic N) is 6. The Kier molecular flexibility index (Phi) is 5.86. The molecular weight excluding hydrogens is 502 g/mol. The first-order chi connectivity index (χ1) is 17.5. The molecule has 0 amide bonds. The maximum absolute atomic E-state index is 14.7. The highest BCUT2D eigenvalue weighted by Gasteiger charge is 2.29. The van der Waals surface area contributed by atoms with Gasteiger partial charge in [-0.05, 0) is 24.6 Å². The van der Waals surface area contributed by atoms with E-state index in [2.05, 4.69) is 25.3 Å². The smallest absolute Gasteiger partial charge is 0.269 e. The van der Waals surface area contributed by atoms with Gasteiger partial charge in [0, 0.05) is 31.4 Å². The van der Waals surface area contributed by atoms with E-state index < -0.39 is 27.6 Å². The zero-order chi connectivity index (χ0) is 26.5. The number of fused-ring (bicyclic) bond motifs is 1. The molecule has 13 heteroatoms. The van der Waals surface area contributed by atoms with Crippen LogP contribution in [-0.2, 0) is 17.1 Å². The van der Waals surface area contributed by atoms with Gasteiger partial charge in [-0.15, -0.1) is 0 Å². The second kappa shape index (κ2) is 8.92. The van der Waals surface area contributed by atoms with Crippen molar-refractivity contribution in [3.63, 3.8) is 0 Å². The number of imidazole rings is 1. The minimum Gasteiger partial charge on any atom is -0.368 e. The average molecular weight is 525 g/mol. The summed E-state index contributed by atoms with van der Waals surface area (Å²) in [6.07, 6.45) is 5.50. The van der Waals surface area contributed by atoms with Crippen LogP contribution >= 0.6 is 0 Å². The number of nitrogens with one attached hydrogen (secondary N) is 1. The number of nitrogen functional groups attached to an aromatic ring is 1. The van der Waals surface area contributed by atoms with E-state index in [-0.39, 0.29) is 33.4 Å². The van der Waals surface area contributed by atoms with E-state index in [1.54, 1.807) is 43.2 Å². The number of anilines is 3. The van der Waals surface area contributed by atoms with Gasteiger partial charge in [-0.25, -0.2) is 26.2 Å². The van der Waals surface area contributed by atoms with Gasteiger partial charge in [-0.1, -0.05) is 24.6 Å². The molecule has 5 aromatic rings. The van der Waals surface area contributed by atoms with E-state index >= 15 is 0 Å². The summed E-state index contributed by atoms with van der Waals surface area (Å²) in [5.74, 6) is -2.11. The number of nitrogens with two attached hydrogens (primary N) is 1. The molecule has 0 aliphatic rings. The normalized spacial score (nSPS) is 12.7. The molecule has 1 atom stereocenters. The summed E-state index contributed by atoms with van der Waals surface area (Å²) in [7, 11) is -2.37. The van der Waals surface area contributed by atoms with Gasteiger partial charge in [0.25, 0.3) is 10.0 Å². The first-order valence-corrected chi connectivity index (χ1v) is 12.5. The van der Waals surface area contributed by atoms with Crippen LogP contribution in [0.4, 0.5) is 26.4 Å². The maximum Gasteiger partial charge on any atom is 0.269 e. The lowest BCUT2D eigenvalue weighted by Crippen LogP contribution is -2.13. The van der Waals surface area contributed by atoms with Gasteiger partial charge in [-0.2, -0.15) is 9.97 Å². The van der Waals surface area contributed by atoms with Crippen molar-refractivity contribution in [3.8, 4) is 0 Å². The molecule has 0 fully saturated rings. The first kappa shape index (κ1) is 24.3. The maximum atomic E-state index is 14.7. The molecule has 5 rings (SSSR count). The summed E-state index contributed by atoms with van der Waals surface area (Å²) in [6.45, 7) is 3.47. The van der Waals surface area contributed by atoms with Crippen LogP contribution in [0.25, 0.3) is 11.0 Å². The fourth-order valence-corrected chi connectivity index (χ4v) is 5.38. The Morgan fingerprint density at radius 2 is 1.81 bits per heavy atom. The minimum absolute atomic E-state index is 0.0177. The topological polar surface area (TPSA) is 134 Å². The van der Waals surface area contributed by atoms with Crippen molar-refractivity contribution >= 4 is 38.6 Å². The van der Waals surface area contributed by atoms with E-state index in [4.69, 9.17) is 5.73 Å². The van der Waals surface area contributed by atoms with Crippen LogP contribution in [0, 0.1) is 18.6 Å². The predicted octanol–water partition coefficient (Wildman–Crippen LogP) is 3.86. The molecule has 0 aliphatic carbocycles. The van der Waals surface area contributed by atoms with Crippen LogP contribution < -0.4 is 11.1 Å². The molecule has 1 aromatic carbocycles. The zero-order valence-electron chi connectivity index (χ0n) is 20.0. The van der Waals surface area contributed by atoms with Gasteiger partial charge < -0.3 is 15.6 Å². The van der Waals surface area contributed by atoms with E-state index in [0.29, 0.717) is 11.4 Å². The van der Waals surface area contributed by atoms with Gasteiger partial charge in [0.2, 0.25) is 5.95 Å². The fourth-order valence-electron chi connectivity index (χ4n) is 4.06. The van der Waals surface area contributed by atoms with Crippen molar-refractivity contribution < 1.29 is 17.2 Å². The molecule has 0 unspecified atom stereocenters. The molecule has 37 heavy (non-hydrogen) atoms. The molecule has 0 radical (unpaired) electrons. The third-order valence-corrected chi connectivity index (χ3v) is 7.57. The first-order valence-electron chi connectivity index (χ1n) is 11.1. The van der Waals surface area contributed by atoms with Crippen molar-refractivity contribution in [2.24, 2.45) is 7.05 Å². The lowest BCUT2D eigenvalue weighted by atomic mass is 9.97. The molecule has 10 nitrogen and oxygen atoms in total. The summed E-state index contributed by atoms with van der Waals surface area (Å²) in [4.78, 5) is 16.7. The number of benzene rings is 1. The summed E-state index contributed by atoms with van der Waals surface area (Å²) in [6, 6.07) is 7.05. The van der Waals surface area contributed by atoms with Crippen molar-refractivity contribution in [2.75, 3.05) is 11.1 Å². The Bertz CT molecular complexity index is 1750. The summed E-state index contributed by atoms with van der Waals surface area (Å²) >= 11 is 0. The lowest BCUT2D eigenvalue weighted by Gasteiger charge is -2.13. The molecule has 0 aliphatic heterocycles. The van der Waals surface area contributed by atoms with Crippen LogP contribution in [0.2, 0.25) is 0 Å². The van der Waals surface area contributed by atoms with Gasteiger partial charge in [0.1, 0.15) is 23.3 Å². The second-order valence-corrected chi connectivity index (χ2v) is 10.4. The van der Waals surface area contributed by atoms with E-state index in [1.807, 2.05) is 6.92 Å². The highest BCUT2D eigenvalue weighted by Crippen LogP contribution is 2.38. The van der Waals surface area contributed by atoms with Crippen LogP contribution in [0.1, 0.15) is 29.7 Å². The highest BCUT2D eigenvalue weighted by atomic mass is 32.2. The van der Waals surface area contributed by atoms with Crippen LogP contribution in [-0.4, -0.2) is 36.9 Å². The van der Waals surface area contributed by atoms with Crippen molar-refractivity contribution in [2.45, 2.75) is 24.7 Å². The standard InChI is InChI=1S/C24H22F2N8O2S/c1-13-4-6-16(7-5-13)37(35,36)34-10-17(14(2)21-18(26)8-15(25)9-28-21)20-22(31-24(27)32-23(20)34)30-19-11-33(3)12-29-19/h4-12,14H,1-3H3,(H3,27,30,31,32)/t14-/m0/s1. The highest BCUT2D eigenvalue weighted by molar-refractivity contribution is 7.90. The Labute approximate surface area is 210 Å². The summed E-state index contributed by atoms with van der Waals surface area (Å²) < 4.78 is 58.4. The summed E-state index contributed by atoms with van der Waals surface area (Å²) in [5, 5.41) is 3.32. The Balaban J connectivity index is 1.79. The van der Waals surface area contributed by atoms with Gasteiger partial charge >= 0.3 is 0 Å². The van der Waals surface area contributed by atoms with E-state index in [0.717, 1.165) is 21.8 Å². The number of pyridine rings is 1.